The van der Waals surface area contributed by atoms with Gasteiger partial charge in [-0.15, -0.1) is 0 Å². The molecule has 17 heavy (non-hydrogen) atoms. The van der Waals surface area contributed by atoms with Gasteiger partial charge in [0.2, 0.25) is 0 Å². The van der Waals surface area contributed by atoms with Gasteiger partial charge >= 0.3 is 0 Å². The van der Waals surface area contributed by atoms with Gasteiger partial charge in [-0.3, -0.25) is 0 Å². The molecule has 0 aromatic heterocycles. The minimum atomic E-state index is 0.265. The average Bonchev–Trinajstić information content (AvgIpc) is 2.30. The van der Waals surface area contributed by atoms with Crippen LogP contribution in [0.4, 0.5) is 0 Å². The van der Waals surface area contributed by atoms with Crippen LogP contribution in [-0.2, 0) is 9.53 Å². The lowest BCUT2D eigenvalue weighted by Crippen LogP contribution is -1.99. The van der Waals surface area contributed by atoms with Crippen LogP contribution >= 0.6 is 0 Å². The van der Waals surface area contributed by atoms with Gasteiger partial charge in [-0.05, 0) is 19.8 Å². The predicted octanol–water partition coefficient (Wildman–Crippen LogP) is 4.51. The highest BCUT2D eigenvalue weighted by Gasteiger charge is 1.94. The Morgan fingerprint density at radius 1 is 0.824 bits per heavy atom. The number of hydrogen-bond acceptors (Lipinski definition) is 2. The Hall–Kier alpha value is -0.370. The van der Waals surface area contributed by atoms with Crippen LogP contribution in [-0.4, -0.2) is 19.0 Å². The van der Waals surface area contributed by atoms with Gasteiger partial charge in [0.15, 0.2) is 0 Å². The molecule has 0 N–H and O–H groups in total. The second-order valence-electron chi connectivity index (χ2n) is 4.89. The Kier molecular flexibility index (Phi) is 13.4. The van der Waals surface area contributed by atoms with Crippen molar-refractivity contribution in [2.24, 2.45) is 0 Å². The van der Waals surface area contributed by atoms with Crippen molar-refractivity contribution in [2.75, 3.05) is 13.2 Å². The molecule has 0 aliphatic rings. The molecule has 0 radical (unpaired) electrons. The van der Waals surface area contributed by atoms with Gasteiger partial charge in [0.1, 0.15) is 5.78 Å². The maximum absolute atomic E-state index is 10.7. The maximum atomic E-state index is 10.7. The molecule has 0 aliphatic carbocycles. The Labute approximate surface area is 107 Å². The molecule has 0 heterocycles. The lowest BCUT2D eigenvalue weighted by molar-refractivity contribution is -0.117. The third-order valence-corrected chi connectivity index (χ3v) is 2.96. The van der Waals surface area contributed by atoms with E-state index in [9.17, 15) is 4.79 Å². The number of ether oxygens (including phenoxy) is 1. The summed E-state index contributed by atoms with van der Waals surface area (Å²) in [6, 6.07) is 0. The molecule has 2 nitrogen and oxygen atoms in total. The molecular weight excluding hydrogens is 212 g/mol. The number of Topliss-reactive ketones (excluding diaryl/α,β-unsaturated/α-hetero) is 1. The third kappa shape index (κ3) is 15.6. The van der Waals surface area contributed by atoms with Gasteiger partial charge < -0.3 is 9.53 Å². The zero-order valence-corrected chi connectivity index (χ0v) is 11.8. The number of rotatable bonds is 13. The van der Waals surface area contributed by atoms with E-state index >= 15 is 0 Å². The van der Waals surface area contributed by atoms with Gasteiger partial charge in [-0.2, -0.15) is 0 Å². The lowest BCUT2D eigenvalue weighted by atomic mass is 10.1. The maximum Gasteiger partial charge on any atom is 0.129 e. The molecule has 0 rings (SSSR count). The number of ketones is 1. The fraction of sp³-hybridized carbons (Fsp3) is 0.933. The van der Waals surface area contributed by atoms with Crippen LogP contribution in [0.5, 0.6) is 0 Å². The van der Waals surface area contributed by atoms with Gasteiger partial charge in [-0.25, -0.2) is 0 Å². The SMILES string of the molecule is CCCCCCCCCCOCCCC(C)=O. The number of hydrogen-bond donors (Lipinski definition) is 0. The fourth-order valence-electron chi connectivity index (χ4n) is 1.86. The van der Waals surface area contributed by atoms with E-state index in [4.69, 9.17) is 4.74 Å². The predicted molar refractivity (Wildman–Crippen MR) is 73.3 cm³/mol. The number of unbranched alkanes of at least 4 members (excludes halogenated alkanes) is 7. The minimum absolute atomic E-state index is 0.265. The second kappa shape index (κ2) is 13.7. The molecule has 0 aromatic carbocycles. The first-order chi connectivity index (χ1) is 8.27. The Morgan fingerprint density at radius 2 is 1.35 bits per heavy atom. The largest absolute Gasteiger partial charge is 0.381 e. The first-order valence-electron chi connectivity index (χ1n) is 7.34. The van der Waals surface area contributed by atoms with Crippen molar-refractivity contribution in [1.82, 2.24) is 0 Å². The van der Waals surface area contributed by atoms with E-state index in [0.29, 0.717) is 6.42 Å². The van der Waals surface area contributed by atoms with Crippen molar-refractivity contribution in [2.45, 2.75) is 78.1 Å². The summed E-state index contributed by atoms with van der Waals surface area (Å²) in [5, 5.41) is 0. The summed E-state index contributed by atoms with van der Waals surface area (Å²) in [5.74, 6) is 0.265. The normalized spacial score (nSPS) is 10.7. The van der Waals surface area contributed by atoms with E-state index in [2.05, 4.69) is 6.92 Å². The van der Waals surface area contributed by atoms with Crippen molar-refractivity contribution in [1.29, 1.82) is 0 Å². The van der Waals surface area contributed by atoms with Gasteiger partial charge in [0.05, 0.1) is 0 Å². The van der Waals surface area contributed by atoms with Crippen LogP contribution in [0.3, 0.4) is 0 Å². The molecule has 2 heteroatoms. The molecule has 0 spiro atoms. The lowest BCUT2D eigenvalue weighted by Gasteiger charge is -2.03. The van der Waals surface area contributed by atoms with Crippen molar-refractivity contribution in [3.63, 3.8) is 0 Å². The third-order valence-electron chi connectivity index (χ3n) is 2.96. The zero-order chi connectivity index (χ0) is 12.8. The second-order valence-corrected chi connectivity index (χ2v) is 4.89. The van der Waals surface area contributed by atoms with Crippen LogP contribution in [0.1, 0.15) is 78.1 Å². The van der Waals surface area contributed by atoms with Crippen LogP contribution in [0, 0.1) is 0 Å². The minimum Gasteiger partial charge on any atom is -0.381 e. The smallest absolute Gasteiger partial charge is 0.129 e. The van der Waals surface area contributed by atoms with Gasteiger partial charge in [0, 0.05) is 19.6 Å². The van der Waals surface area contributed by atoms with Crippen molar-refractivity contribution < 1.29 is 9.53 Å². The average molecular weight is 242 g/mol. The fourth-order valence-corrected chi connectivity index (χ4v) is 1.86. The molecule has 0 fully saturated rings. The van der Waals surface area contributed by atoms with Crippen LogP contribution in [0.2, 0.25) is 0 Å². The molecule has 102 valence electrons. The molecule has 0 amide bonds. The topological polar surface area (TPSA) is 26.3 Å². The van der Waals surface area contributed by atoms with Crippen molar-refractivity contribution in [3.8, 4) is 0 Å². The van der Waals surface area contributed by atoms with E-state index in [1.807, 2.05) is 0 Å². The zero-order valence-electron chi connectivity index (χ0n) is 11.8. The van der Waals surface area contributed by atoms with Crippen molar-refractivity contribution >= 4 is 5.78 Å². The first kappa shape index (κ1) is 16.6. The van der Waals surface area contributed by atoms with Gasteiger partial charge in [-0.1, -0.05) is 51.9 Å². The van der Waals surface area contributed by atoms with E-state index in [1.54, 1.807) is 6.92 Å². The van der Waals surface area contributed by atoms with E-state index < -0.39 is 0 Å². The summed E-state index contributed by atoms with van der Waals surface area (Å²) >= 11 is 0. The monoisotopic (exact) mass is 242 g/mol. The molecule has 0 aromatic rings. The first-order valence-corrected chi connectivity index (χ1v) is 7.34. The molecular formula is C15H30O2. The number of carbonyl (C=O) groups excluding carboxylic acids is 1. The summed E-state index contributed by atoms with van der Waals surface area (Å²) < 4.78 is 5.48. The molecule has 0 saturated carbocycles. The summed E-state index contributed by atoms with van der Waals surface area (Å²) in [6.45, 7) is 5.50. The Morgan fingerprint density at radius 3 is 1.94 bits per heavy atom. The molecule has 0 saturated heterocycles. The van der Waals surface area contributed by atoms with Gasteiger partial charge in [0.25, 0.3) is 0 Å². The molecule has 0 unspecified atom stereocenters. The van der Waals surface area contributed by atoms with Crippen LogP contribution in [0.15, 0.2) is 0 Å². The van der Waals surface area contributed by atoms with E-state index in [-0.39, 0.29) is 5.78 Å². The summed E-state index contributed by atoms with van der Waals surface area (Å²) in [7, 11) is 0. The highest BCUT2D eigenvalue weighted by molar-refractivity contribution is 5.75. The van der Waals surface area contributed by atoms with Crippen LogP contribution in [0.25, 0.3) is 0 Å². The highest BCUT2D eigenvalue weighted by Crippen LogP contribution is 2.08. The molecule has 0 aliphatic heterocycles. The Balaban J connectivity index is 2.91. The van der Waals surface area contributed by atoms with Crippen LogP contribution < -0.4 is 0 Å². The standard InChI is InChI=1S/C15H30O2/c1-3-4-5-6-7-8-9-10-13-17-14-11-12-15(2)16/h3-14H2,1-2H3. The van der Waals surface area contributed by atoms with E-state index in [0.717, 1.165) is 19.6 Å². The molecule has 0 bridgehead atoms. The van der Waals surface area contributed by atoms with Crippen molar-refractivity contribution in [3.05, 3.63) is 0 Å². The summed E-state index contributed by atoms with van der Waals surface area (Å²) in [4.78, 5) is 10.7. The Bertz CT molecular complexity index is 166. The van der Waals surface area contributed by atoms with E-state index in [1.165, 1.54) is 51.4 Å². The molecule has 0 atom stereocenters. The number of carbonyl (C=O) groups is 1. The quantitative estimate of drug-likeness (QED) is 0.444. The summed E-state index contributed by atoms with van der Waals surface area (Å²) in [5.41, 5.74) is 0. The highest BCUT2D eigenvalue weighted by atomic mass is 16.5. The summed E-state index contributed by atoms with van der Waals surface area (Å²) in [6.07, 6.45) is 12.3.